The van der Waals surface area contributed by atoms with E-state index in [0.29, 0.717) is 12.2 Å². The quantitative estimate of drug-likeness (QED) is 0.403. The Bertz CT molecular complexity index is 943. The molecular weight excluding hydrogens is 439 g/mol. The lowest BCUT2D eigenvalue weighted by Crippen LogP contribution is -2.42. The summed E-state index contributed by atoms with van der Waals surface area (Å²) in [4.78, 5) is 12.7. The Hall–Kier alpha value is -2.56. The van der Waals surface area contributed by atoms with Gasteiger partial charge in [0.25, 0.3) is 0 Å². The summed E-state index contributed by atoms with van der Waals surface area (Å²) in [5, 5.41) is 12.7. The van der Waals surface area contributed by atoms with Gasteiger partial charge in [-0.2, -0.15) is 17.9 Å². The fourth-order valence-electron chi connectivity index (χ4n) is 3.48. The maximum atomic E-state index is 14.9. The minimum absolute atomic E-state index is 0.245. The molecule has 0 radical (unpaired) electrons. The average molecular weight is 473 g/mol. The Morgan fingerprint density at radius 2 is 1.76 bits per heavy atom. The van der Waals surface area contributed by atoms with Crippen LogP contribution in [0.5, 0.6) is 0 Å². The molecule has 0 heterocycles. The number of alkyl carbamates (subject to hydrolysis) is 1. The van der Waals surface area contributed by atoms with Gasteiger partial charge in [-0.1, -0.05) is 48.5 Å². The van der Waals surface area contributed by atoms with E-state index in [4.69, 9.17) is 9.47 Å². The van der Waals surface area contributed by atoms with E-state index >= 15 is 0 Å². The number of nitrogens with zero attached hydrogens (tertiary/aromatic N) is 1. The molecule has 0 bridgehead atoms. The third-order valence-corrected chi connectivity index (χ3v) is 5.40. The minimum Gasteiger partial charge on any atom is -0.444 e. The van der Waals surface area contributed by atoms with Crippen LogP contribution in [0.15, 0.2) is 54.6 Å². The summed E-state index contributed by atoms with van der Waals surface area (Å²) in [5.41, 5.74) is -0.299. The lowest BCUT2D eigenvalue weighted by molar-refractivity contribution is -0.0138. The molecule has 2 aromatic carbocycles. The number of ether oxygens (including phenoxy) is 2. The smallest absolute Gasteiger partial charge is 0.408 e. The number of nitriles is 1. The Kier molecular flexibility index (Phi) is 9.75. The molecule has 3 unspecified atom stereocenters. The molecule has 0 aliphatic carbocycles. The van der Waals surface area contributed by atoms with Crippen LogP contribution in [-0.4, -0.2) is 23.6 Å². The van der Waals surface area contributed by atoms with E-state index in [1.165, 1.54) is 6.07 Å². The van der Waals surface area contributed by atoms with Gasteiger partial charge < -0.3 is 14.8 Å². The van der Waals surface area contributed by atoms with Crippen molar-refractivity contribution in [1.29, 1.82) is 5.26 Å². The number of nitrogens with one attached hydrogen (secondary N) is 1. The van der Waals surface area contributed by atoms with Crippen LogP contribution in [0.25, 0.3) is 0 Å². The van der Waals surface area contributed by atoms with Crippen LogP contribution in [0.4, 0.5) is 9.18 Å². The van der Waals surface area contributed by atoms with Crippen molar-refractivity contribution in [3.8, 4) is 6.07 Å². The van der Waals surface area contributed by atoms with Gasteiger partial charge in [0, 0.05) is 5.56 Å². The van der Waals surface area contributed by atoms with Crippen LogP contribution in [0.2, 0.25) is 0 Å². The maximum absolute atomic E-state index is 14.9. The fraction of sp³-hybridized carbons (Fsp3) is 0.462. The van der Waals surface area contributed by atoms with E-state index < -0.39 is 35.1 Å². The number of hydrogen-bond acceptors (Lipinski definition) is 5. The summed E-state index contributed by atoms with van der Waals surface area (Å²) in [5.74, 6) is 0.0407. The van der Waals surface area contributed by atoms with Crippen LogP contribution in [0, 0.1) is 22.6 Å². The molecular formula is C26H33FN2O3S. The molecule has 33 heavy (non-hydrogen) atoms. The predicted molar refractivity (Wildman–Crippen MR) is 130 cm³/mol. The third kappa shape index (κ3) is 8.71. The van der Waals surface area contributed by atoms with E-state index in [2.05, 4.69) is 24.0 Å². The molecule has 1 amide bonds. The number of carbonyl (C=O) groups excluding carboxylic acids is 1. The molecule has 0 aliphatic rings. The van der Waals surface area contributed by atoms with Gasteiger partial charge in [0.2, 0.25) is 0 Å². The average Bonchev–Trinajstić information content (AvgIpc) is 2.75. The highest BCUT2D eigenvalue weighted by Gasteiger charge is 2.36. The molecule has 0 saturated carbocycles. The minimum atomic E-state index is -0.864. The molecule has 0 fully saturated rings. The number of halogens is 1. The normalized spacial score (nSPS) is 15.1. The first-order chi connectivity index (χ1) is 15.6. The van der Waals surface area contributed by atoms with Gasteiger partial charge in [0.15, 0.2) is 0 Å². The van der Waals surface area contributed by atoms with Gasteiger partial charge in [-0.3, -0.25) is 0 Å². The van der Waals surface area contributed by atoms with Crippen LogP contribution in [0.3, 0.4) is 0 Å². The first kappa shape index (κ1) is 26.7. The van der Waals surface area contributed by atoms with Crippen molar-refractivity contribution in [3.05, 3.63) is 71.5 Å². The monoisotopic (exact) mass is 472 g/mol. The van der Waals surface area contributed by atoms with Crippen molar-refractivity contribution < 1.29 is 18.7 Å². The number of thiol groups is 1. The molecule has 2 rings (SSSR count). The van der Waals surface area contributed by atoms with Crippen molar-refractivity contribution in [1.82, 2.24) is 5.32 Å². The summed E-state index contributed by atoms with van der Waals surface area (Å²) >= 11 is 4.30. The van der Waals surface area contributed by atoms with Crippen LogP contribution < -0.4 is 5.32 Å². The van der Waals surface area contributed by atoms with Gasteiger partial charge in [-0.05, 0) is 57.9 Å². The Balaban J connectivity index is 2.43. The van der Waals surface area contributed by atoms with E-state index in [-0.39, 0.29) is 18.6 Å². The summed E-state index contributed by atoms with van der Waals surface area (Å²) in [6.07, 6.45) is -0.587. The summed E-state index contributed by atoms with van der Waals surface area (Å²) in [7, 11) is 0. The highest BCUT2D eigenvalue weighted by molar-refractivity contribution is 7.80. The zero-order valence-electron chi connectivity index (χ0n) is 19.7. The predicted octanol–water partition coefficient (Wildman–Crippen LogP) is 6.22. The SMILES string of the molecule is CC(C#N)(CCS)CC(OCc1ccccc1)C(NC(=O)OC(C)(C)C)c1ccccc1F. The van der Waals surface area contributed by atoms with Crippen LogP contribution >= 0.6 is 12.6 Å². The molecule has 5 nitrogen and oxygen atoms in total. The Labute approximate surface area is 201 Å². The highest BCUT2D eigenvalue weighted by Crippen LogP contribution is 2.35. The second kappa shape index (κ2) is 12.1. The summed E-state index contributed by atoms with van der Waals surface area (Å²) < 4.78 is 26.6. The molecule has 0 aromatic heterocycles. The number of hydrogen-bond donors (Lipinski definition) is 2. The summed E-state index contributed by atoms with van der Waals surface area (Å²) in [6.45, 7) is 7.34. The maximum Gasteiger partial charge on any atom is 0.408 e. The Morgan fingerprint density at radius 1 is 1.12 bits per heavy atom. The van der Waals surface area contributed by atoms with Gasteiger partial charge in [-0.15, -0.1) is 0 Å². The van der Waals surface area contributed by atoms with E-state index in [0.717, 1.165) is 5.56 Å². The first-order valence-corrected chi connectivity index (χ1v) is 11.6. The highest BCUT2D eigenvalue weighted by atomic mass is 32.1. The number of carbonyl (C=O) groups is 1. The van der Waals surface area contributed by atoms with Gasteiger partial charge >= 0.3 is 6.09 Å². The third-order valence-electron chi connectivity index (χ3n) is 5.18. The van der Waals surface area contributed by atoms with Crippen molar-refractivity contribution in [2.24, 2.45) is 5.41 Å². The van der Waals surface area contributed by atoms with Crippen LogP contribution in [-0.2, 0) is 16.1 Å². The van der Waals surface area contributed by atoms with Crippen molar-refractivity contribution in [2.45, 2.75) is 64.9 Å². The molecule has 1 N–H and O–H groups in total. The van der Waals surface area contributed by atoms with Crippen LogP contribution in [0.1, 0.15) is 57.7 Å². The second-order valence-electron chi connectivity index (χ2n) is 9.33. The standard InChI is InChI=1S/C26H33FN2O3S/c1-25(2,3)32-24(30)29-23(20-12-8-9-13-21(20)27)22(16-26(4,18-28)14-15-33)31-17-19-10-6-5-7-11-19/h5-13,22-23,33H,14-17H2,1-4H3,(H,29,30). The topological polar surface area (TPSA) is 71.3 Å². The molecule has 0 aliphatic heterocycles. The summed E-state index contributed by atoms with van der Waals surface area (Å²) in [6, 6.07) is 17.3. The van der Waals surface area contributed by atoms with Crippen molar-refractivity contribution in [3.63, 3.8) is 0 Å². The van der Waals surface area contributed by atoms with E-state index in [9.17, 15) is 14.4 Å². The molecule has 178 valence electrons. The second-order valence-corrected chi connectivity index (χ2v) is 9.78. The van der Waals surface area contributed by atoms with Crippen molar-refractivity contribution >= 4 is 18.7 Å². The Morgan fingerprint density at radius 3 is 2.33 bits per heavy atom. The molecule has 0 saturated heterocycles. The van der Waals surface area contributed by atoms with E-state index in [1.54, 1.807) is 39.0 Å². The lowest BCUT2D eigenvalue weighted by Gasteiger charge is -2.34. The van der Waals surface area contributed by atoms with Gasteiger partial charge in [0.1, 0.15) is 11.4 Å². The fourth-order valence-corrected chi connectivity index (χ4v) is 3.97. The zero-order valence-corrected chi connectivity index (χ0v) is 20.6. The molecule has 3 atom stereocenters. The molecule has 2 aromatic rings. The number of amides is 1. The molecule has 0 spiro atoms. The largest absolute Gasteiger partial charge is 0.444 e. The van der Waals surface area contributed by atoms with Gasteiger partial charge in [-0.25, -0.2) is 9.18 Å². The lowest BCUT2D eigenvalue weighted by atomic mass is 9.80. The number of rotatable bonds is 10. The van der Waals surface area contributed by atoms with Gasteiger partial charge in [0.05, 0.1) is 30.2 Å². The molecule has 7 heteroatoms. The number of benzene rings is 2. The van der Waals surface area contributed by atoms with E-state index in [1.807, 2.05) is 37.3 Å². The first-order valence-electron chi connectivity index (χ1n) is 11.0. The van der Waals surface area contributed by atoms with Crippen molar-refractivity contribution in [2.75, 3.05) is 5.75 Å². The zero-order chi connectivity index (χ0) is 24.5.